The molecule has 1 fully saturated rings. The molecule has 0 atom stereocenters. The van der Waals surface area contributed by atoms with Crippen LogP contribution in [0.25, 0.3) is 0 Å². The van der Waals surface area contributed by atoms with Crippen LogP contribution in [0.15, 0.2) is 0 Å². The van der Waals surface area contributed by atoms with Crippen LogP contribution >= 0.6 is 0 Å². The SMILES string of the molecule is CC.CC.CC1(C)C[CH-]CC(C)(C)N1O.[Y]. The zero-order chi connectivity index (χ0) is 12.7. The third-order valence-electron chi connectivity index (χ3n) is 2.43. The maximum Gasteiger partial charge on any atom is 0.0141 e. The Morgan fingerprint density at radius 3 is 1.31 bits per heavy atom. The summed E-state index contributed by atoms with van der Waals surface area (Å²) < 4.78 is 0. The predicted octanol–water partition coefficient (Wildman–Crippen LogP) is 4.28. The first kappa shape index (κ1) is 22.2. The maximum absolute atomic E-state index is 9.78. The third kappa shape index (κ3) is 6.68. The molecule has 0 aromatic rings. The van der Waals surface area contributed by atoms with Crippen molar-refractivity contribution in [2.24, 2.45) is 0 Å². The van der Waals surface area contributed by atoms with Crippen molar-refractivity contribution in [3.05, 3.63) is 6.42 Å². The van der Waals surface area contributed by atoms with Gasteiger partial charge in [-0.05, 0) is 27.7 Å². The molecule has 97 valence electrons. The first-order valence-electron chi connectivity index (χ1n) is 6.17. The van der Waals surface area contributed by atoms with Crippen molar-refractivity contribution >= 4 is 0 Å². The van der Waals surface area contributed by atoms with E-state index >= 15 is 0 Å². The van der Waals surface area contributed by atoms with Crippen LogP contribution in [-0.2, 0) is 32.7 Å². The molecule has 1 radical (unpaired) electrons. The monoisotopic (exact) mass is 305 g/mol. The smallest absolute Gasteiger partial charge is 0.0141 e. The Morgan fingerprint density at radius 2 is 1.12 bits per heavy atom. The molecular formula is C13H30NOY-. The van der Waals surface area contributed by atoms with E-state index in [2.05, 4.69) is 34.1 Å². The van der Waals surface area contributed by atoms with Crippen molar-refractivity contribution in [3.8, 4) is 0 Å². The molecule has 0 spiro atoms. The molecule has 16 heavy (non-hydrogen) atoms. The number of nitrogens with zero attached hydrogens (tertiary/aromatic N) is 1. The van der Waals surface area contributed by atoms with Crippen molar-refractivity contribution in [1.29, 1.82) is 0 Å². The minimum absolute atomic E-state index is 0. The molecule has 0 bridgehead atoms. The Balaban J connectivity index is -0.000000305. The molecule has 0 aromatic heterocycles. The zero-order valence-electron chi connectivity index (χ0n) is 12.5. The van der Waals surface area contributed by atoms with E-state index in [-0.39, 0.29) is 43.8 Å². The van der Waals surface area contributed by atoms with E-state index in [1.54, 1.807) is 0 Å². The van der Waals surface area contributed by atoms with Crippen molar-refractivity contribution in [1.82, 2.24) is 5.06 Å². The van der Waals surface area contributed by atoms with Gasteiger partial charge in [-0.3, -0.25) is 0 Å². The molecule has 1 aliphatic rings. The third-order valence-corrected chi connectivity index (χ3v) is 2.43. The van der Waals surface area contributed by atoms with Gasteiger partial charge in [0.15, 0.2) is 0 Å². The number of hydrogen-bond acceptors (Lipinski definition) is 2. The predicted molar refractivity (Wildman–Crippen MR) is 68.0 cm³/mol. The molecule has 1 aliphatic heterocycles. The van der Waals surface area contributed by atoms with Crippen molar-refractivity contribution in [3.63, 3.8) is 0 Å². The van der Waals surface area contributed by atoms with Crippen LogP contribution < -0.4 is 0 Å². The summed E-state index contributed by atoms with van der Waals surface area (Å²) in [5.41, 5.74) is -0.191. The van der Waals surface area contributed by atoms with Crippen molar-refractivity contribution in [2.45, 2.75) is 79.3 Å². The second-order valence-electron chi connectivity index (χ2n) is 4.63. The molecular weight excluding hydrogens is 275 g/mol. The largest absolute Gasteiger partial charge is 0.325 e. The van der Waals surface area contributed by atoms with Gasteiger partial charge >= 0.3 is 0 Å². The fourth-order valence-electron chi connectivity index (χ4n) is 1.77. The Kier molecular flexibility index (Phi) is 13.9. The maximum atomic E-state index is 9.78. The van der Waals surface area contributed by atoms with E-state index in [1.165, 1.54) is 5.06 Å². The standard InChI is InChI=1S/C9H18NO.2C2H6.Y/c1-8(2)6-5-7-9(3,4)10(8)11;2*1-2;/h5,11H,6-7H2,1-4H3;2*1-2H3;/q-1;;;. The average molecular weight is 305 g/mol. The number of hydroxylamine groups is 2. The van der Waals surface area contributed by atoms with Gasteiger partial charge in [0.2, 0.25) is 0 Å². The molecule has 0 aromatic carbocycles. The van der Waals surface area contributed by atoms with Gasteiger partial charge in [-0.2, -0.15) is 17.9 Å². The summed E-state index contributed by atoms with van der Waals surface area (Å²) in [6.45, 7) is 16.2. The van der Waals surface area contributed by atoms with E-state index in [0.717, 1.165) is 12.8 Å². The summed E-state index contributed by atoms with van der Waals surface area (Å²) in [5, 5.41) is 11.3. The molecule has 1 N–H and O–H groups in total. The summed E-state index contributed by atoms with van der Waals surface area (Å²) in [6.07, 6.45) is 4.19. The first-order chi connectivity index (χ1) is 6.86. The zero-order valence-corrected chi connectivity index (χ0v) is 15.3. The molecule has 1 rings (SSSR count). The van der Waals surface area contributed by atoms with Crippen LogP contribution in [-0.4, -0.2) is 21.3 Å². The summed E-state index contributed by atoms with van der Waals surface area (Å²) >= 11 is 0. The van der Waals surface area contributed by atoms with Gasteiger partial charge in [0.25, 0.3) is 0 Å². The van der Waals surface area contributed by atoms with Gasteiger partial charge in [0.05, 0.1) is 0 Å². The average Bonchev–Trinajstić information content (AvgIpc) is 2.20. The summed E-state index contributed by atoms with van der Waals surface area (Å²) in [7, 11) is 0. The van der Waals surface area contributed by atoms with E-state index in [0.29, 0.717) is 0 Å². The molecule has 1 heterocycles. The second kappa shape index (κ2) is 9.99. The molecule has 1 saturated heterocycles. The number of hydrogen-bond donors (Lipinski definition) is 1. The molecule has 0 amide bonds. The topological polar surface area (TPSA) is 23.5 Å². The Bertz CT molecular complexity index is 142. The van der Waals surface area contributed by atoms with E-state index < -0.39 is 0 Å². The normalized spacial score (nSPS) is 21.6. The Hall–Kier alpha value is 1.02. The second-order valence-corrected chi connectivity index (χ2v) is 4.63. The van der Waals surface area contributed by atoms with Gasteiger partial charge < -0.3 is 11.6 Å². The molecule has 3 heteroatoms. The van der Waals surface area contributed by atoms with Crippen molar-refractivity contribution in [2.75, 3.05) is 0 Å². The van der Waals surface area contributed by atoms with E-state index in [4.69, 9.17) is 0 Å². The van der Waals surface area contributed by atoms with Gasteiger partial charge in [-0.15, -0.1) is 0 Å². The summed E-state index contributed by atoms with van der Waals surface area (Å²) in [4.78, 5) is 0. The Labute approximate surface area is 128 Å². The van der Waals surface area contributed by atoms with Crippen LogP contribution in [0.2, 0.25) is 0 Å². The quantitative estimate of drug-likeness (QED) is 0.675. The van der Waals surface area contributed by atoms with Crippen LogP contribution in [0.3, 0.4) is 0 Å². The van der Waals surface area contributed by atoms with Gasteiger partial charge in [-0.25, -0.2) is 0 Å². The van der Waals surface area contributed by atoms with E-state index in [9.17, 15) is 5.21 Å². The summed E-state index contributed by atoms with van der Waals surface area (Å²) in [5.74, 6) is 0. The minimum atomic E-state index is -0.0955. The Morgan fingerprint density at radius 1 is 0.875 bits per heavy atom. The van der Waals surface area contributed by atoms with Gasteiger partial charge in [0, 0.05) is 43.8 Å². The van der Waals surface area contributed by atoms with Gasteiger partial charge in [-0.1, -0.05) is 27.7 Å². The van der Waals surface area contributed by atoms with Crippen LogP contribution in [0.5, 0.6) is 0 Å². The van der Waals surface area contributed by atoms with Gasteiger partial charge in [0.1, 0.15) is 0 Å². The molecule has 0 aliphatic carbocycles. The fraction of sp³-hybridized carbons (Fsp3) is 0.923. The first-order valence-corrected chi connectivity index (χ1v) is 6.17. The van der Waals surface area contributed by atoms with Crippen LogP contribution in [0, 0.1) is 6.42 Å². The van der Waals surface area contributed by atoms with Crippen LogP contribution in [0.4, 0.5) is 0 Å². The summed E-state index contributed by atoms with van der Waals surface area (Å²) in [6, 6.07) is 0. The molecule has 0 unspecified atom stereocenters. The molecule has 2 nitrogen and oxygen atoms in total. The number of rotatable bonds is 0. The minimum Gasteiger partial charge on any atom is -0.325 e. The van der Waals surface area contributed by atoms with Crippen LogP contribution in [0.1, 0.15) is 68.2 Å². The van der Waals surface area contributed by atoms with Crippen molar-refractivity contribution < 1.29 is 37.9 Å². The molecule has 0 saturated carbocycles. The van der Waals surface area contributed by atoms with E-state index in [1.807, 2.05) is 27.7 Å². The fourth-order valence-corrected chi connectivity index (χ4v) is 1.77. The number of piperidine rings is 1.